The highest BCUT2D eigenvalue weighted by Crippen LogP contribution is 2.42. The molecule has 1 aromatic heterocycles. The number of nitrogens with one attached hydrogen (secondary N) is 1. The Balaban J connectivity index is 1.76. The first-order chi connectivity index (χ1) is 23.0. The third-order valence-corrected chi connectivity index (χ3v) is 7.92. The van der Waals surface area contributed by atoms with Crippen LogP contribution in [0.3, 0.4) is 0 Å². The molecule has 0 aliphatic carbocycles. The largest absolute Gasteiger partial charge is 0.490 e. The highest BCUT2D eigenvalue weighted by Gasteiger charge is 2.38. The number of alkyl halides is 6. The molecule has 0 bridgehead atoms. The van der Waals surface area contributed by atoms with Crippen molar-refractivity contribution in [3.8, 4) is 5.75 Å². The SMILES string of the molecule is CCOC(=O)N1c2ccc(N(C)C)cc2[C@@H](Nc2ncc(OCCCC(=O)O)c(Cc3cc(C(F)(F)F)cc(C(F)(F)F)c3)n2)C[C@H]1CC. The summed E-state index contributed by atoms with van der Waals surface area (Å²) in [5, 5.41) is 12.2. The van der Waals surface area contributed by atoms with Crippen molar-refractivity contribution in [2.45, 2.75) is 70.4 Å². The van der Waals surface area contributed by atoms with E-state index in [1.165, 1.54) is 6.20 Å². The normalized spacial score (nSPS) is 16.2. The van der Waals surface area contributed by atoms with E-state index in [9.17, 15) is 35.9 Å². The lowest BCUT2D eigenvalue weighted by molar-refractivity contribution is -0.143. The first-order valence-corrected chi connectivity index (χ1v) is 15.5. The van der Waals surface area contributed by atoms with Crippen LogP contribution in [0.5, 0.6) is 5.75 Å². The first-order valence-electron chi connectivity index (χ1n) is 15.5. The molecule has 3 aromatic rings. The number of amides is 1. The van der Waals surface area contributed by atoms with Gasteiger partial charge in [-0.2, -0.15) is 26.3 Å². The summed E-state index contributed by atoms with van der Waals surface area (Å²) in [4.78, 5) is 36.3. The minimum absolute atomic E-state index is 0.0152. The van der Waals surface area contributed by atoms with Crippen molar-refractivity contribution in [3.05, 3.63) is 70.5 Å². The number of carboxylic acids is 1. The lowest BCUT2D eigenvalue weighted by Crippen LogP contribution is -2.46. The van der Waals surface area contributed by atoms with Gasteiger partial charge < -0.3 is 24.8 Å². The van der Waals surface area contributed by atoms with Crippen LogP contribution in [0.4, 0.5) is 48.5 Å². The molecule has 0 fully saturated rings. The molecule has 1 aliphatic heterocycles. The van der Waals surface area contributed by atoms with Crippen molar-refractivity contribution in [1.82, 2.24) is 9.97 Å². The number of hydrogen-bond acceptors (Lipinski definition) is 8. The first kappa shape index (κ1) is 37.1. The Morgan fingerprint density at radius 3 is 2.29 bits per heavy atom. The summed E-state index contributed by atoms with van der Waals surface area (Å²) in [5.41, 5.74) is -1.13. The number of ether oxygens (including phenoxy) is 2. The molecule has 1 amide bonds. The van der Waals surface area contributed by atoms with Crippen LogP contribution in [0.1, 0.15) is 73.5 Å². The molecule has 266 valence electrons. The summed E-state index contributed by atoms with van der Waals surface area (Å²) in [5.74, 6) is -1.08. The van der Waals surface area contributed by atoms with Crippen LogP contribution in [0, 0.1) is 0 Å². The molecule has 0 saturated heterocycles. The van der Waals surface area contributed by atoms with Crippen molar-refractivity contribution >= 4 is 29.4 Å². The van der Waals surface area contributed by atoms with Crippen LogP contribution in [0.2, 0.25) is 0 Å². The standard InChI is InChI=1S/C33H37F6N5O5/c1-5-22-17-25(24-16-23(43(3)4)9-10-27(24)44(22)31(47)48-6-2)41-30-40-18-28(49-11-7-8-29(45)46)26(42-30)14-19-12-20(32(34,35)36)15-21(13-19)33(37,38)39/h9-10,12-13,15-16,18,22,25H,5-8,11,14,17H2,1-4H3,(H,45,46)(H,40,41,42)/t22-,25+/m1/s1. The molecule has 10 nitrogen and oxygen atoms in total. The van der Waals surface area contributed by atoms with Crippen LogP contribution in [-0.2, 0) is 28.3 Å². The van der Waals surface area contributed by atoms with Gasteiger partial charge in [0.15, 0.2) is 5.75 Å². The van der Waals surface area contributed by atoms with Crippen LogP contribution in [-0.4, -0.2) is 60.5 Å². The average Bonchev–Trinajstić information content (AvgIpc) is 3.02. The van der Waals surface area contributed by atoms with E-state index >= 15 is 0 Å². The summed E-state index contributed by atoms with van der Waals surface area (Å²) < 4.78 is 92.7. The van der Waals surface area contributed by atoms with Gasteiger partial charge in [0, 0.05) is 44.2 Å². The summed E-state index contributed by atoms with van der Waals surface area (Å²) in [6, 6.07) is 6.09. The Kier molecular flexibility index (Phi) is 11.5. The molecular formula is C33H37F6N5O5. The highest BCUT2D eigenvalue weighted by molar-refractivity contribution is 5.91. The van der Waals surface area contributed by atoms with Gasteiger partial charge in [-0.1, -0.05) is 6.92 Å². The summed E-state index contributed by atoms with van der Waals surface area (Å²) in [7, 11) is 3.71. The number of halogens is 6. The second-order valence-corrected chi connectivity index (χ2v) is 11.6. The Morgan fingerprint density at radius 2 is 1.71 bits per heavy atom. The predicted molar refractivity (Wildman–Crippen MR) is 169 cm³/mol. The van der Waals surface area contributed by atoms with Gasteiger partial charge in [0.2, 0.25) is 5.95 Å². The van der Waals surface area contributed by atoms with Crippen LogP contribution >= 0.6 is 0 Å². The summed E-state index contributed by atoms with van der Waals surface area (Å²) in [6.45, 7) is 3.69. The van der Waals surface area contributed by atoms with Gasteiger partial charge in [-0.15, -0.1) is 0 Å². The molecule has 49 heavy (non-hydrogen) atoms. The number of rotatable bonds is 12. The number of aliphatic carboxylic acids is 1. The van der Waals surface area contributed by atoms with Gasteiger partial charge in [-0.25, -0.2) is 14.8 Å². The lowest BCUT2D eigenvalue weighted by Gasteiger charge is -2.40. The highest BCUT2D eigenvalue weighted by atomic mass is 19.4. The number of carbonyl (C=O) groups excluding carboxylic acids is 1. The second kappa shape index (κ2) is 15.2. The van der Waals surface area contributed by atoms with E-state index in [4.69, 9.17) is 14.6 Å². The Labute approximate surface area is 279 Å². The Hall–Kier alpha value is -4.76. The van der Waals surface area contributed by atoms with E-state index in [1.807, 2.05) is 44.1 Å². The molecule has 0 unspecified atom stereocenters. The zero-order valence-electron chi connectivity index (χ0n) is 27.3. The van der Waals surface area contributed by atoms with Crippen molar-refractivity contribution in [2.24, 2.45) is 0 Å². The Bertz CT molecular complexity index is 1620. The Morgan fingerprint density at radius 1 is 1.04 bits per heavy atom. The number of benzene rings is 2. The van der Waals surface area contributed by atoms with Crippen molar-refractivity contribution in [3.63, 3.8) is 0 Å². The zero-order valence-corrected chi connectivity index (χ0v) is 27.3. The second-order valence-electron chi connectivity index (χ2n) is 11.6. The van der Waals surface area contributed by atoms with Gasteiger partial charge >= 0.3 is 24.4 Å². The molecule has 2 heterocycles. The maximum Gasteiger partial charge on any atom is 0.416 e. The predicted octanol–water partition coefficient (Wildman–Crippen LogP) is 7.71. The number of hydrogen-bond donors (Lipinski definition) is 2. The van der Waals surface area contributed by atoms with Gasteiger partial charge in [-0.3, -0.25) is 9.69 Å². The summed E-state index contributed by atoms with van der Waals surface area (Å²) in [6.07, 6.45) is -9.02. The molecule has 1 aliphatic rings. The minimum Gasteiger partial charge on any atom is -0.490 e. The van der Waals surface area contributed by atoms with Crippen molar-refractivity contribution in [2.75, 3.05) is 42.4 Å². The molecule has 0 spiro atoms. The fourth-order valence-electron chi connectivity index (χ4n) is 5.55. The molecule has 2 N–H and O–H groups in total. The topological polar surface area (TPSA) is 117 Å². The molecule has 16 heteroatoms. The maximum absolute atomic E-state index is 13.6. The van der Waals surface area contributed by atoms with E-state index in [-0.39, 0.29) is 61.1 Å². The smallest absolute Gasteiger partial charge is 0.416 e. The van der Waals surface area contributed by atoms with E-state index in [0.717, 1.165) is 11.3 Å². The molecular weight excluding hydrogens is 660 g/mol. The van der Waals surface area contributed by atoms with E-state index in [2.05, 4.69) is 15.3 Å². The van der Waals surface area contributed by atoms with Crippen molar-refractivity contribution < 1.29 is 50.5 Å². The monoisotopic (exact) mass is 697 g/mol. The zero-order chi connectivity index (χ0) is 36.1. The lowest BCUT2D eigenvalue weighted by atomic mass is 9.89. The molecule has 2 atom stereocenters. The molecule has 2 aromatic carbocycles. The number of aromatic nitrogens is 2. The van der Waals surface area contributed by atoms with Crippen LogP contribution in [0.25, 0.3) is 0 Å². The van der Waals surface area contributed by atoms with E-state index < -0.39 is 48.0 Å². The van der Waals surface area contributed by atoms with E-state index in [1.54, 1.807) is 11.8 Å². The van der Waals surface area contributed by atoms with Gasteiger partial charge in [-0.05, 0) is 68.1 Å². The number of nitrogens with zero attached hydrogens (tertiary/aromatic N) is 4. The third kappa shape index (κ3) is 9.23. The summed E-state index contributed by atoms with van der Waals surface area (Å²) >= 11 is 0. The number of carbonyl (C=O) groups is 2. The fraction of sp³-hybridized carbons (Fsp3) is 0.455. The molecule has 0 saturated carbocycles. The number of anilines is 3. The number of carboxylic acid groups (broad SMARTS) is 1. The minimum atomic E-state index is -5.04. The van der Waals surface area contributed by atoms with Crippen molar-refractivity contribution in [1.29, 1.82) is 0 Å². The molecule has 0 radical (unpaired) electrons. The van der Waals surface area contributed by atoms with Gasteiger partial charge in [0.25, 0.3) is 0 Å². The van der Waals surface area contributed by atoms with Crippen LogP contribution < -0.4 is 19.9 Å². The van der Waals surface area contributed by atoms with Crippen LogP contribution in [0.15, 0.2) is 42.6 Å². The number of fused-ring (bicyclic) bond motifs is 1. The third-order valence-electron chi connectivity index (χ3n) is 7.92. The molecule has 4 rings (SSSR count). The maximum atomic E-state index is 13.6. The van der Waals surface area contributed by atoms with E-state index in [0.29, 0.717) is 30.7 Å². The fourth-order valence-corrected chi connectivity index (χ4v) is 5.55. The quantitative estimate of drug-likeness (QED) is 0.145. The van der Waals surface area contributed by atoms with Gasteiger partial charge in [0.1, 0.15) is 0 Å². The average molecular weight is 698 g/mol. The van der Waals surface area contributed by atoms with Gasteiger partial charge in [0.05, 0.1) is 48.0 Å².